The Balaban J connectivity index is 2.23. The van der Waals surface area contributed by atoms with E-state index in [0.717, 1.165) is 0 Å². The van der Waals surface area contributed by atoms with Crippen LogP contribution in [0.1, 0.15) is 37.5 Å². The summed E-state index contributed by atoms with van der Waals surface area (Å²) in [4.78, 5) is 0. The maximum atomic E-state index is 2.26. The fourth-order valence-electron chi connectivity index (χ4n) is 1.87. The van der Waals surface area contributed by atoms with Crippen LogP contribution in [0.3, 0.4) is 0 Å². The Kier molecular flexibility index (Phi) is 3.66. The number of benzene rings is 2. The van der Waals surface area contributed by atoms with Crippen LogP contribution in [0.5, 0.6) is 0 Å². The van der Waals surface area contributed by atoms with Gasteiger partial charge in [-0.1, -0.05) is 87.5 Å². The molecule has 92 valence electrons. The quantitative estimate of drug-likeness (QED) is 0.632. The third-order valence-electron chi connectivity index (χ3n) is 3.02. The molecule has 0 heteroatoms. The largest absolute Gasteiger partial charge is 0.0622 e. The third-order valence-corrected chi connectivity index (χ3v) is 3.02. The smallest absolute Gasteiger partial charge is 0.0132 e. The molecule has 2 rings (SSSR count). The lowest BCUT2D eigenvalue weighted by molar-refractivity contribution is 0.590. The van der Waals surface area contributed by atoms with Crippen molar-refractivity contribution in [2.75, 3.05) is 0 Å². The molecule has 0 aliphatic rings. The van der Waals surface area contributed by atoms with Gasteiger partial charge in [0.25, 0.3) is 0 Å². The van der Waals surface area contributed by atoms with Gasteiger partial charge in [-0.25, -0.2) is 0 Å². The molecule has 0 nitrogen and oxygen atoms in total. The van der Waals surface area contributed by atoms with E-state index in [-0.39, 0.29) is 5.41 Å². The molecule has 0 N–H and O–H groups in total. The summed E-state index contributed by atoms with van der Waals surface area (Å²) in [5.74, 6) is 0. The Morgan fingerprint density at radius 2 is 1.33 bits per heavy atom. The lowest BCUT2D eigenvalue weighted by atomic mass is 9.86. The maximum Gasteiger partial charge on any atom is -0.0132 e. The predicted molar refractivity (Wildman–Crippen MR) is 80.5 cm³/mol. The van der Waals surface area contributed by atoms with Gasteiger partial charge < -0.3 is 0 Å². The van der Waals surface area contributed by atoms with Crippen LogP contribution in [0.25, 0.3) is 12.2 Å². The van der Waals surface area contributed by atoms with Gasteiger partial charge in [-0.2, -0.15) is 0 Å². The summed E-state index contributed by atoms with van der Waals surface area (Å²) >= 11 is 0. The van der Waals surface area contributed by atoms with Crippen LogP contribution >= 0.6 is 0 Å². The second-order valence-corrected chi connectivity index (χ2v) is 5.62. The summed E-state index contributed by atoms with van der Waals surface area (Å²) < 4.78 is 0. The van der Waals surface area contributed by atoms with Gasteiger partial charge in [0.2, 0.25) is 0 Å². The first kappa shape index (κ1) is 12.6. The van der Waals surface area contributed by atoms with Gasteiger partial charge in [-0.15, -0.1) is 0 Å². The van der Waals surface area contributed by atoms with Crippen molar-refractivity contribution in [3.05, 3.63) is 71.3 Å². The van der Waals surface area contributed by atoms with E-state index in [1.807, 2.05) is 6.07 Å². The van der Waals surface area contributed by atoms with Gasteiger partial charge in [-0.05, 0) is 22.1 Å². The molecule has 0 fully saturated rings. The van der Waals surface area contributed by atoms with Gasteiger partial charge in [-0.3, -0.25) is 0 Å². The first-order valence-electron chi connectivity index (χ1n) is 6.39. The van der Waals surface area contributed by atoms with E-state index < -0.39 is 0 Å². The molecule has 0 heterocycles. The van der Waals surface area contributed by atoms with Crippen LogP contribution in [0, 0.1) is 0 Å². The first-order chi connectivity index (χ1) is 8.55. The molecule has 0 unspecified atom stereocenters. The fraction of sp³-hybridized carbons (Fsp3) is 0.222. The van der Waals surface area contributed by atoms with Crippen LogP contribution in [0.4, 0.5) is 0 Å². The van der Waals surface area contributed by atoms with E-state index in [2.05, 4.69) is 81.5 Å². The summed E-state index contributed by atoms with van der Waals surface area (Å²) in [6.45, 7) is 6.73. The highest BCUT2D eigenvalue weighted by Crippen LogP contribution is 2.23. The SMILES string of the molecule is CC(C)(C)c1cccc(C=Cc2ccccc2)c1. The minimum Gasteiger partial charge on any atom is -0.0622 e. The zero-order valence-corrected chi connectivity index (χ0v) is 11.4. The zero-order valence-electron chi connectivity index (χ0n) is 11.4. The molecule has 0 spiro atoms. The second kappa shape index (κ2) is 5.22. The number of rotatable bonds is 2. The molecule has 0 aromatic heterocycles. The summed E-state index contributed by atoms with van der Waals surface area (Å²) in [6, 6.07) is 19.1. The molecule has 0 amide bonds. The molecule has 0 saturated carbocycles. The Labute approximate surface area is 110 Å². The van der Waals surface area contributed by atoms with Gasteiger partial charge in [0, 0.05) is 0 Å². The van der Waals surface area contributed by atoms with E-state index in [1.165, 1.54) is 16.7 Å². The van der Waals surface area contributed by atoms with Crippen LogP contribution in [-0.4, -0.2) is 0 Å². The lowest BCUT2D eigenvalue weighted by Gasteiger charge is -2.19. The molecule has 0 radical (unpaired) electrons. The number of hydrogen-bond acceptors (Lipinski definition) is 0. The van der Waals surface area contributed by atoms with Gasteiger partial charge in [0.05, 0.1) is 0 Å². The van der Waals surface area contributed by atoms with Crippen LogP contribution < -0.4 is 0 Å². The van der Waals surface area contributed by atoms with E-state index in [9.17, 15) is 0 Å². The molecule has 0 atom stereocenters. The highest BCUT2D eigenvalue weighted by molar-refractivity contribution is 5.69. The van der Waals surface area contributed by atoms with Crippen molar-refractivity contribution in [1.82, 2.24) is 0 Å². The molecular weight excluding hydrogens is 216 g/mol. The fourth-order valence-corrected chi connectivity index (χ4v) is 1.87. The Bertz CT molecular complexity index is 527. The van der Waals surface area contributed by atoms with Crippen molar-refractivity contribution in [2.24, 2.45) is 0 Å². The second-order valence-electron chi connectivity index (χ2n) is 5.62. The zero-order chi connectivity index (χ0) is 13.0. The minimum atomic E-state index is 0.205. The Morgan fingerprint density at radius 1 is 0.722 bits per heavy atom. The summed E-state index contributed by atoms with van der Waals surface area (Å²) in [5, 5.41) is 0. The summed E-state index contributed by atoms with van der Waals surface area (Å²) in [7, 11) is 0. The molecular formula is C18H20. The van der Waals surface area contributed by atoms with Crippen LogP contribution in [0.2, 0.25) is 0 Å². The van der Waals surface area contributed by atoms with E-state index in [0.29, 0.717) is 0 Å². The summed E-state index contributed by atoms with van der Waals surface area (Å²) in [5.41, 5.74) is 4.07. The lowest BCUT2D eigenvalue weighted by Crippen LogP contribution is -2.10. The predicted octanol–water partition coefficient (Wildman–Crippen LogP) is 5.15. The molecule has 0 aliphatic carbocycles. The minimum absolute atomic E-state index is 0.205. The average molecular weight is 236 g/mol. The number of hydrogen-bond donors (Lipinski definition) is 0. The molecule has 0 bridgehead atoms. The van der Waals surface area contributed by atoms with E-state index in [4.69, 9.17) is 0 Å². The molecule has 18 heavy (non-hydrogen) atoms. The van der Waals surface area contributed by atoms with Gasteiger partial charge >= 0.3 is 0 Å². The molecule has 0 saturated heterocycles. The Morgan fingerprint density at radius 3 is 2.00 bits per heavy atom. The van der Waals surface area contributed by atoms with Crippen molar-refractivity contribution >= 4 is 12.2 Å². The van der Waals surface area contributed by atoms with E-state index in [1.54, 1.807) is 0 Å². The summed E-state index contributed by atoms with van der Waals surface area (Å²) in [6.07, 6.45) is 4.33. The van der Waals surface area contributed by atoms with Crippen LogP contribution in [0.15, 0.2) is 54.6 Å². The monoisotopic (exact) mass is 236 g/mol. The Hall–Kier alpha value is -1.82. The third kappa shape index (κ3) is 3.33. The maximum absolute atomic E-state index is 2.26. The highest BCUT2D eigenvalue weighted by Gasteiger charge is 2.12. The molecule has 2 aromatic carbocycles. The van der Waals surface area contributed by atoms with Crippen molar-refractivity contribution < 1.29 is 0 Å². The van der Waals surface area contributed by atoms with Gasteiger partial charge in [0.1, 0.15) is 0 Å². The molecule has 0 aliphatic heterocycles. The van der Waals surface area contributed by atoms with Crippen molar-refractivity contribution in [3.63, 3.8) is 0 Å². The average Bonchev–Trinajstić information content (AvgIpc) is 2.37. The standard InChI is InChI=1S/C18H20/c1-18(2,3)17-11-7-10-16(14-17)13-12-15-8-5-4-6-9-15/h4-14H,1-3H3. The first-order valence-corrected chi connectivity index (χ1v) is 6.39. The highest BCUT2D eigenvalue weighted by atomic mass is 14.2. The van der Waals surface area contributed by atoms with E-state index >= 15 is 0 Å². The van der Waals surface area contributed by atoms with Crippen molar-refractivity contribution in [1.29, 1.82) is 0 Å². The topological polar surface area (TPSA) is 0 Å². The van der Waals surface area contributed by atoms with Gasteiger partial charge in [0.15, 0.2) is 0 Å². The van der Waals surface area contributed by atoms with Crippen LogP contribution in [-0.2, 0) is 5.41 Å². The van der Waals surface area contributed by atoms with Crippen molar-refractivity contribution in [2.45, 2.75) is 26.2 Å². The normalized spacial score (nSPS) is 11.9. The van der Waals surface area contributed by atoms with Crippen molar-refractivity contribution in [3.8, 4) is 0 Å². The molecule has 2 aromatic rings.